The number of nitrogens with zero attached hydrogens (tertiary/aromatic N) is 3. The van der Waals surface area contributed by atoms with Crippen molar-refractivity contribution in [3.8, 4) is 0 Å². The van der Waals surface area contributed by atoms with Gasteiger partial charge in [-0.05, 0) is 18.2 Å². The van der Waals surface area contributed by atoms with Crippen molar-refractivity contribution in [2.45, 2.75) is 6.54 Å². The summed E-state index contributed by atoms with van der Waals surface area (Å²) in [6.07, 6.45) is 1.04. The quantitative estimate of drug-likeness (QED) is 0.426. The Morgan fingerprint density at radius 1 is 1.19 bits per heavy atom. The van der Waals surface area contributed by atoms with Crippen LogP contribution in [0, 0.1) is 27.6 Å². The Balaban J connectivity index is 1.89. The molecule has 1 amide bonds. The average Bonchev–Trinajstić information content (AvgIpc) is 2.64. The third-order valence-corrected chi connectivity index (χ3v) is 3.64. The summed E-state index contributed by atoms with van der Waals surface area (Å²) in [5.74, 6) is -5.65. The lowest BCUT2D eigenvalue weighted by Gasteiger charge is -2.09. The molecule has 0 atom stereocenters. The van der Waals surface area contributed by atoms with E-state index in [1.165, 1.54) is 12.1 Å². The van der Waals surface area contributed by atoms with Crippen molar-refractivity contribution < 1.29 is 22.9 Å². The number of amides is 1. The van der Waals surface area contributed by atoms with E-state index >= 15 is 0 Å². The van der Waals surface area contributed by atoms with Gasteiger partial charge in [-0.1, -0.05) is 0 Å². The summed E-state index contributed by atoms with van der Waals surface area (Å²) in [6, 6.07) is 4.95. The molecule has 1 aromatic heterocycles. The first kappa shape index (κ1) is 18.0. The third-order valence-electron chi connectivity index (χ3n) is 3.64. The van der Waals surface area contributed by atoms with E-state index < -0.39 is 46.1 Å². The number of anilines is 1. The largest absolute Gasteiger partial charge is 0.322 e. The summed E-state index contributed by atoms with van der Waals surface area (Å²) in [4.78, 5) is 38.5. The van der Waals surface area contributed by atoms with Gasteiger partial charge in [0, 0.05) is 12.1 Å². The lowest BCUT2D eigenvalue weighted by atomic mass is 10.2. The molecule has 1 heterocycles. The Morgan fingerprint density at radius 2 is 1.93 bits per heavy atom. The van der Waals surface area contributed by atoms with Crippen LogP contribution in [0.1, 0.15) is 0 Å². The molecule has 0 aliphatic carbocycles. The molecule has 27 heavy (non-hydrogen) atoms. The van der Waals surface area contributed by atoms with Gasteiger partial charge in [-0.15, -0.1) is 0 Å². The zero-order valence-electron chi connectivity index (χ0n) is 13.3. The van der Waals surface area contributed by atoms with Gasteiger partial charge in [0.1, 0.15) is 6.54 Å². The topological polar surface area (TPSA) is 107 Å². The number of hydrogen-bond donors (Lipinski definition) is 1. The molecule has 0 bridgehead atoms. The van der Waals surface area contributed by atoms with E-state index in [1.54, 1.807) is 0 Å². The second kappa shape index (κ2) is 6.86. The van der Waals surface area contributed by atoms with Crippen LogP contribution in [0.3, 0.4) is 0 Å². The fraction of sp³-hybridized carbons (Fsp3) is 0.0625. The number of nitrogens with one attached hydrogen (secondary N) is 1. The first-order valence-corrected chi connectivity index (χ1v) is 7.35. The van der Waals surface area contributed by atoms with Crippen molar-refractivity contribution >= 4 is 28.2 Å². The molecule has 8 nitrogen and oxygen atoms in total. The van der Waals surface area contributed by atoms with Crippen molar-refractivity contribution in [3.05, 3.63) is 74.6 Å². The minimum Gasteiger partial charge on any atom is -0.322 e. The normalized spacial score (nSPS) is 10.8. The van der Waals surface area contributed by atoms with Crippen LogP contribution in [-0.2, 0) is 11.3 Å². The molecule has 0 fully saturated rings. The van der Waals surface area contributed by atoms with Crippen molar-refractivity contribution in [1.82, 2.24) is 9.55 Å². The van der Waals surface area contributed by atoms with Gasteiger partial charge in [0.05, 0.1) is 27.8 Å². The van der Waals surface area contributed by atoms with E-state index in [9.17, 15) is 32.9 Å². The molecule has 0 aliphatic rings. The van der Waals surface area contributed by atoms with Crippen molar-refractivity contribution in [2.75, 3.05) is 5.32 Å². The first-order valence-electron chi connectivity index (χ1n) is 7.35. The molecule has 0 saturated heterocycles. The number of nitro groups is 1. The molecule has 3 aromatic rings. The highest BCUT2D eigenvalue weighted by molar-refractivity contribution is 5.91. The van der Waals surface area contributed by atoms with Crippen LogP contribution < -0.4 is 10.9 Å². The molecule has 3 rings (SSSR count). The number of non-ortho nitro benzene ring substituents is 1. The minimum absolute atomic E-state index is 0.0847. The summed E-state index contributed by atoms with van der Waals surface area (Å²) in [5, 5.41) is 12.8. The van der Waals surface area contributed by atoms with Crippen molar-refractivity contribution in [2.24, 2.45) is 0 Å². The van der Waals surface area contributed by atoms with Gasteiger partial charge in [0.2, 0.25) is 5.91 Å². The first-order chi connectivity index (χ1) is 12.8. The van der Waals surface area contributed by atoms with Crippen LogP contribution in [0.2, 0.25) is 0 Å². The average molecular weight is 378 g/mol. The number of rotatable bonds is 4. The predicted octanol–water partition coefficient (Wildman–Crippen LogP) is 2.36. The van der Waals surface area contributed by atoms with Crippen molar-refractivity contribution in [3.63, 3.8) is 0 Å². The zero-order valence-corrected chi connectivity index (χ0v) is 13.3. The maximum Gasteiger partial charge on any atom is 0.270 e. The Morgan fingerprint density at radius 3 is 2.63 bits per heavy atom. The number of carbonyl (C=O) groups is 1. The fourth-order valence-electron chi connectivity index (χ4n) is 2.34. The van der Waals surface area contributed by atoms with E-state index in [-0.39, 0.29) is 16.6 Å². The van der Waals surface area contributed by atoms with Gasteiger partial charge < -0.3 is 5.32 Å². The molecule has 1 N–H and O–H groups in total. The summed E-state index contributed by atoms with van der Waals surface area (Å²) in [5.41, 5.74) is -1.47. The minimum atomic E-state index is -1.75. The molecule has 11 heteroatoms. The Hall–Kier alpha value is -3.76. The lowest BCUT2D eigenvalue weighted by Crippen LogP contribution is -2.28. The summed E-state index contributed by atoms with van der Waals surface area (Å²) in [6.45, 7) is -0.622. The zero-order chi connectivity index (χ0) is 19.7. The van der Waals surface area contributed by atoms with Gasteiger partial charge in [0.25, 0.3) is 11.2 Å². The fourth-order valence-corrected chi connectivity index (χ4v) is 2.34. The summed E-state index contributed by atoms with van der Waals surface area (Å²) in [7, 11) is 0. The third kappa shape index (κ3) is 3.47. The molecule has 0 radical (unpaired) electrons. The van der Waals surface area contributed by atoms with Gasteiger partial charge >= 0.3 is 0 Å². The van der Waals surface area contributed by atoms with Crippen molar-refractivity contribution in [1.29, 1.82) is 0 Å². The molecule has 0 spiro atoms. The number of nitro benzene ring substituents is 1. The highest BCUT2D eigenvalue weighted by atomic mass is 19.2. The predicted molar refractivity (Wildman–Crippen MR) is 87.6 cm³/mol. The maximum atomic E-state index is 13.6. The number of halogens is 3. The molecule has 2 aromatic carbocycles. The maximum absolute atomic E-state index is 13.6. The Kier molecular flexibility index (Phi) is 4.59. The number of carbonyl (C=O) groups excluding carboxylic acids is 1. The van der Waals surface area contributed by atoms with E-state index in [1.807, 2.05) is 5.32 Å². The van der Waals surface area contributed by atoms with Crippen LogP contribution in [0.25, 0.3) is 10.9 Å². The number of fused-ring (bicyclic) bond motifs is 1. The molecule has 0 saturated carbocycles. The molecule has 0 unspecified atom stereocenters. The molecule has 138 valence electrons. The SMILES string of the molecule is O=C(Cn1cnc2ccc([N+](=O)[O-])cc2c1=O)Nc1ccc(F)c(F)c1F. The van der Waals surface area contributed by atoms with E-state index in [0.29, 0.717) is 6.07 Å². The lowest BCUT2D eigenvalue weighted by molar-refractivity contribution is -0.384. The van der Waals surface area contributed by atoms with Crippen LogP contribution >= 0.6 is 0 Å². The van der Waals surface area contributed by atoms with E-state index in [2.05, 4.69) is 4.98 Å². The van der Waals surface area contributed by atoms with E-state index in [4.69, 9.17) is 0 Å². The Bertz CT molecular complexity index is 1150. The second-order valence-corrected chi connectivity index (χ2v) is 5.41. The second-order valence-electron chi connectivity index (χ2n) is 5.41. The Labute approximate surface area is 148 Å². The standard InChI is InChI=1S/C16H9F3N4O4/c17-10-2-4-12(15(19)14(10)18)21-13(24)6-22-7-20-11-3-1-8(23(26)27)5-9(11)16(22)25/h1-5,7H,6H2,(H,21,24). The van der Waals surface area contributed by atoms with Crippen LogP contribution in [-0.4, -0.2) is 20.4 Å². The number of aromatic nitrogens is 2. The van der Waals surface area contributed by atoms with Crippen LogP contribution in [0.5, 0.6) is 0 Å². The van der Waals surface area contributed by atoms with Gasteiger partial charge in [-0.25, -0.2) is 18.2 Å². The van der Waals surface area contributed by atoms with Gasteiger partial charge in [0.15, 0.2) is 17.5 Å². The smallest absolute Gasteiger partial charge is 0.270 e. The number of hydrogen-bond acceptors (Lipinski definition) is 5. The molecular formula is C16H9F3N4O4. The monoisotopic (exact) mass is 378 g/mol. The highest BCUT2D eigenvalue weighted by Gasteiger charge is 2.16. The summed E-state index contributed by atoms with van der Waals surface area (Å²) >= 11 is 0. The van der Waals surface area contributed by atoms with Gasteiger partial charge in [-0.2, -0.15) is 0 Å². The molecular weight excluding hydrogens is 369 g/mol. The number of benzene rings is 2. The summed E-state index contributed by atoms with van der Waals surface area (Å²) < 4.78 is 40.5. The van der Waals surface area contributed by atoms with Crippen LogP contribution in [0.4, 0.5) is 24.5 Å². The molecule has 0 aliphatic heterocycles. The van der Waals surface area contributed by atoms with Crippen LogP contribution in [0.15, 0.2) is 41.5 Å². The highest BCUT2D eigenvalue weighted by Crippen LogP contribution is 2.20. The van der Waals surface area contributed by atoms with E-state index in [0.717, 1.165) is 23.0 Å². The van der Waals surface area contributed by atoms with Gasteiger partial charge in [-0.3, -0.25) is 24.3 Å².